The summed E-state index contributed by atoms with van der Waals surface area (Å²) < 4.78 is 27.5. The van der Waals surface area contributed by atoms with Crippen LogP contribution in [0.5, 0.6) is 0 Å². The highest BCUT2D eigenvalue weighted by Crippen LogP contribution is 2.26. The van der Waals surface area contributed by atoms with Crippen molar-refractivity contribution in [2.75, 3.05) is 5.32 Å². The number of carbonyl (C=O) groups excluding carboxylic acids is 1. The molecular weight excluding hydrogens is 376 g/mol. The van der Waals surface area contributed by atoms with E-state index in [4.69, 9.17) is 0 Å². The summed E-state index contributed by atoms with van der Waals surface area (Å²) in [5.74, 6) is -1.22. The van der Waals surface area contributed by atoms with E-state index >= 15 is 0 Å². The van der Waals surface area contributed by atoms with E-state index in [1.54, 1.807) is 36.5 Å². The topological polar surface area (TPSA) is 86.5 Å². The summed E-state index contributed by atoms with van der Waals surface area (Å²) in [6, 6.07) is 13.6. The Morgan fingerprint density at radius 3 is 2.83 bits per heavy atom. The lowest BCUT2D eigenvalue weighted by atomic mass is 10.1. The summed E-state index contributed by atoms with van der Waals surface area (Å²) in [5.41, 5.74) is 2.84. The average Bonchev–Trinajstić information content (AvgIpc) is 3.35. The van der Waals surface area contributed by atoms with Crippen LogP contribution < -0.4 is 5.32 Å². The van der Waals surface area contributed by atoms with Gasteiger partial charge in [0.15, 0.2) is 0 Å². The van der Waals surface area contributed by atoms with Crippen LogP contribution in [-0.2, 0) is 0 Å². The van der Waals surface area contributed by atoms with Gasteiger partial charge in [0.2, 0.25) is 0 Å². The largest absolute Gasteiger partial charge is 0.338 e. The molecule has 5 rings (SSSR count). The van der Waals surface area contributed by atoms with Crippen LogP contribution in [0.25, 0.3) is 33.3 Å². The quantitative estimate of drug-likeness (QED) is 0.420. The summed E-state index contributed by atoms with van der Waals surface area (Å²) in [7, 11) is 0. The van der Waals surface area contributed by atoms with E-state index in [0.29, 0.717) is 27.8 Å². The zero-order valence-electron chi connectivity index (χ0n) is 14.8. The molecule has 0 spiro atoms. The number of hydrogen-bond acceptors (Lipinski definition) is 3. The fourth-order valence-electron chi connectivity index (χ4n) is 3.25. The molecule has 0 atom stereocenters. The molecule has 142 valence electrons. The van der Waals surface area contributed by atoms with E-state index in [0.717, 1.165) is 23.6 Å². The van der Waals surface area contributed by atoms with Gasteiger partial charge in [-0.25, -0.2) is 13.8 Å². The molecular formula is C21H13F2N5O. The number of nitrogens with one attached hydrogen (secondary N) is 3. The number of anilines is 1. The van der Waals surface area contributed by atoms with E-state index in [2.05, 4.69) is 25.5 Å². The third-order valence-electron chi connectivity index (χ3n) is 4.64. The first-order chi connectivity index (χ1) is 14.1. The molecule has 5 aromatic rings. The second kappa shape index (κ2) is 6.52. The minimum atomic E-state index is -0.577. The number of aromatic amines is 2. The number of H-pyrrole nitrogens is 2. The first kappa shape index (κ1) is 17.1. The third-order valence-corrected chi connectivity index (χ3v) is 4.64. The van der Waals surface area contributed by atoms with Crippen molar-refractivity contribution in [2.45, 2.75) is 0 Å². The molecule has 3 aromatic carbocycles. The number of rotatable bonds is 3. The van der Waals surface area contributed by atoms with Crippen LogP contribution in [-0.4, -0.2) is 26.1 Å². The summed E-state index contributed by atoms with van der Waals surface area (Å²) >= 11 is 0. The molecule has 29 heavy (non-hydrogen) atoms. The Kier molecular flexibility index (Phi) is 3.83. The SMILES string of the molecule is O=C(Nc1ccc2nc(-c3cc(F)ccc3F)[nH]c2c1)c1cccc2cn[nH]c12. The number of imidazole rings is 1. The van der Waals surface area contributed by atoms with Gasteiger partial charge < -0.3 is 10.3 Å². The highest BCUT2D eigenvalue weighted by atomic mass is 19.1. The molecule has 6 nitrogen and oxygen atoms in total. The molecule has 1 amide bonds. The van der Waals surface area contributed by atoms with Crippen molar-refractivity contribution in [3.05, 3.63) is 78.0 Å². The summed E-state index contributed by atoms with van der Waals surface area (Å²) in [5, 5.41) is 10.5. The molecule has 2 aromatic heterocycles. The Morgan fingerprint density at radius 2 is 1.93 bits per heavy atom. The van der Waals surface area contributed by atoms with Gasteiger partial charge in [0.05, 0.1) is 33.9 Å². The molecule has 0 saturated heterocycles. The number of fused-ring (bicyclic) bond motifs is 2. The van der Waals surface area contributed by atoms with Crippen molar-refractivity contribution >= 4 is 33.5 Å². The molecule has 0 aliphatic heterocycles. The smallest absolute Gasteiger partial charge is 0.257 e. The standard InChI is InChI=1S/C21H13F2N5O/c22-12-4-6-16(23)15(8-12)20-26-17-7-5-13(9-18(17)27-20)25-21(29)14-3-1-2-11-10-24-28-19(11)14/h1-10H,(H,24,28)(H,25,29)(H,26,27). The van der Waals surface area contributed by atoms with Crippen molar-refractivity contribution in [3.8, 4) is 11.4 Å². The number of aromatic nitrogens is 4. The van der Waals surface area contributed by atoms with Gasteiger partial charge in [-0.2, -0.15) is 5.10 Å². The molecule has 2 heterocycles. The molecule has 0 bridgehead atoms. The van der Waals surface area contributed by atoms with Gasteiger partial charge in [-0.1, -0.05) is 12.1 Å². The number of carbonyl (C=O) groups is 1. The predicted octanol–water partition coefficient (Wildman–Crippen LogP) is 4.64. The van der Waals surface area contributed by atoms with Gasteiger partial charge in [-0.3, -0.25) is 9.89 Å². The maximum atomic E-state index is 14.0. The van der Waals surface area contributed by atoms with E-state index in [1.807, 2.05) is 6.07 Å². The average molecular weight is 389 g/mol. The number of hydrogen-bond donors (Lipinski definition) is 3. The second-order valence-corrected chi connectivity index (χ2v) is 6.54. The van der Waals surface area contributed by atoms with Crippen LogP contribution >= 0.6 is 0 Å². The predicted molar refractivity (Wildman–Crippen MR) is 105 cm³/mol. The lowest BCUT2D eigenvalue weighted by molar-refractivity contribution is 0.102. The highest BCUT2D eigenvalue weighted by molar-refractivity contribution is 6.12. The summed E-state index contributed by atoms with van der Waals surface area (Å²) in [6.07, 6.45) is 1.65. The van der Waals surface area contributed by atoms with Gasteiger partial charge in [0.25, 0.3) is 5.91 Å². The normalized spacial score (nSPS) is 11.2. The van der Waals surface area contributed by atoms with Gasteiger partial charge in [0, 0.05) is 11.1 Å². The zero-order chi connectivity index (χ0) is 20.0. The first-order valence-electron chi connectivity index (χ1n) is 8.77. The molecule has 0 unspecified atom stereocenters. The summed E-state index contributed by atoms with van der Waals surface area (Å²) in [4.78, 5) is 20.0. The van der Waals surface area contributed by atoms with Gasteiger partial charge >= 0.3 is 0 Å². The van der Waals surface area contributed by atoms with Crippen molar-refractivity contribution in [3.63, 3.8) is 0 Å². The van der Waals surface area contributed by atoms with Crippen molar-refractivity contribution in [1.82, 2.24) is 20.2 Å². The molecule has 3 N–H and O–H groups in total. The number of halogens is 2. The van der Waals surface area contributed by atoms with E-state index in [9.17, 15) is 13.6 Å². The Bertz CT molecular complexity index is 1390. The molecule has 0 saturated carbocycles. The number of benzene rings is 3. The third kappa shape index (κ3) is 3.00. The minimum Gasteiger partial charge on any atom is -0.338 e. The van der Waals surface area contributed by atoms with Crippen LogP contribution in [0.1, 0.15) is 10.4 Å². The van der Waals surface area contributed by atoms with E-state index < -0.39 is 11.6 Å². The number of amides is 1. The molecule has 8 heteroatoms. The number of nitrogens with zero attached hydrogens (tertiary/aromatic N) is 2. The van der Waals surface area contributed by atoms with Crippen LogP contribution in [0.15, 0.2) is 60.8 Å². The Morgan fingerprint density at radius 1 is 1.03 bits per heavy atom. The lowest BCUT2D eigenvalue weighted by Crippen LogP contribution is -2.12. The van der Waals surface area contributed by atoms with Crippen molar-refractivity contribution < 1.29 is 13.6 Å². The maximum Gasteiger partial charge on any atom is 0.257 e. The fraction of sp³-hybridized carbons (Fsp3) is 0. The van der Waals surface area contributed by atoms with Crippen LogP contribution in [0, 0.1) is 11.6 Å². The Balaban J connectivity index is 1.48. The molecule has 0 aliphatic carbocycles. The monoisotopic (exact) mass is 389 g/mol. The van der Waals surface area contributed by atoms with E-state index in [-0.39, 0.29) is 17.3 Å². The zero-order valence-corrected chi connectivity index (χ0v) is 14.8. The number of para-hydroxylation sites is 1. The van der Waals surface area contributed by atoms with Crippen LogP contribution in [0.3, 0.4) is 0 Å². The van der Waals surface area contributed by atoms with Gasteiger partial charge in [-0.05, 0) is 42.5 Å². The van der Waals surface area contributed by atoms with Crippen LogP contribution in [0.4, 0.5) is 14.5 Å². The van der Waals surface area contributed by atoms with Gasteiger partial charge in [0.1, 0.15) is 17.5 Å². The Labute approximate surface area is 162 Å². The highest BCUT2D eigenvalue weighted by Gasteiger charge is 2.14. The van der Waals surface area contributed by atoms with E-state index in [1.165, 1.54) is 0 Å². The van der Waals surface area contributed by atoms with Crippen molar-refractivity contribution in [1.29, 1.82) is 0 Å². The second-order valence-electron chi connectivity index (χ2n) is 6.54. The maximum absolute atomic E-state index is 14.0. The fourth-order valence-corrected chi connectivity index (χ4v) is 3.25. The lowest BCUT2D eigenvalue weighted by Gasteiger charge is -2.06. The Hall–Kier alpha value is -4.07. The minimum absolute atomic E-state index is 0.0395. The first-order valence-corrected chi connectivity index (χ1v) is 8.77. The molecule has 0 fully saturated rings. The molecule has 0 aliphatic rings. The van der Waals surface area contributed by atoms with Crippen molar-refractivity contribution in [2.24, 2.45) is 0 Å². The van der Waals surface area contributed by atoms with Crippen LogP contribution in [0.2, 0.25) is 0 Å². The van der Waals surface area contributed by atoms with Gasteiger partial charge in [-0.15, -0.1) is 0 Å². The summed E-state index contributed by atoms with van der Waals surface area (Å²) in [6.45, 7) is 0. The molecule has 0 radical (unpaired) electrons.